The Morgan fingerprint density at radius 2 is 1.76 bits per heavy atom. The van der Waals surface area contributed by atoms with E-state index < -0.39 is 10.0 Å². The fraction of sp³-hybridized carbons (Fsp3) is 0.600. The van der Waals surface area contributed by atoms with Crippen molar-refractivity contribution in [2.75, 3.05) is 19.0 Å². The van der Waals surface area contributed by atoms with Crippen molar-refractivity contribution < 1.29 is 13.2 Å². The number of hydrogen-bond acceptors (Lipinski definition) is 3. The van der Waals surface area contributed by atoms with Gasteiger partial charge in [0.05, 0.1) is 17.1 Å². The van der Waals surface area contributed by atoms with Crippen molar-refractivity contribution in [3.05, 3.63) is 29.8 Å². The van der Waals surface area contributed by atoms with E-state index in [9.17, 15) is 8.42 Å². The summed E-state index contributed by atoms with van der Waals surface area (Å²) in [5, 5.41) is 0. The van der Waals surface area contributed by atoms with Crippen LogP contribution in [0.15, 0.2) is 29.2 Å². The van der Waals surface area contributed by atoms with E-state index in [1.165, 1.54) is 4.31 Å². The van der Waals surface area contributed by atoms with E-state index in [4.69, 9.17) is 16.3 Å². The van der Waals surface area contributed by atoms with E-state index in [2.05, 4.69) is 0 Å². The third-order valence-electron chi connectivity index (χ3n) is 3.55. The summed E-state index contributed by atoms with van der Waals surface area (Å²) < 4.78 is 32.4. The quantitative estimate of drug-likeness (QED) is 0.779. The maximum absolute atomic E-state index is 12.7. The molecule has 1 aliphatic rings. The summed E-state index contributed by atoms with van der Waals surface area (Å²) in [7, 11) is -3.44. The molecule has 1 aromatic carbocycles. The van der Waals surface area contributed by atoms with Crippen molar-refractivity contribution in [2.24, 2.45) is 0 Å². The molecular formula is C15H22ClNO3S. The average Bonchev–Trinajstić information content (AvgIpc) is 2.44. The second-order valence-corrected chi connectivity index (χ2v) is 7.83. The van der Waals surface area contributed by atoms with E-state index in [-0.39, 0.29) is 12.2 Å². The summed E-state index contributed by atoms with van der Waals surface area (Å²) in [5.41, 5.74) is 1.11. The third-order valence-corrected chi connectivity index (χ3v) is 5.66. The molecule has 0 spiro atoms. The maximum atomic E-state index is 12.7. The van der Waals surface area contributed by atoms with Gasteiger partial charge in [0, 0.05) is 19.0 Å². The van der Waals surface area contributed by atoms with Crippen LogP contribution in [-0.2, 0) is 21.2 Å². The van der Waals surface area contributed by atoms with Gasteiger partial charge in [-0.05, 0) is 44.4 Å². The SMILES string of the molecule is C[C@@H]1CN(S(=O)(=O)c2ccc(CCCCl)cc2)C[C@H](C)O1. The molecule has 0 radical (unpaired) electrons. The van der Waals surface area contributed by atoms with Gasteiger partial charge in [0.1, 0.15) is 0 Å². The van der Waals surface area contributed by atoms with Crippen LogP contribution in [0.4, 0.5) is 0 Å². The minimum atomic E-state index is -3.44. The van der Waals surface area contributed by atoms with Gasteiger partial charge in [-0.25, -0.2) is 8.42 Å². The number of morpholine rings is 1. The van der Waals surface area contributed by atoms with Gasteiger partial charge in [0.25, 0.3) is 0 Å². The van der Waals surface area contributed by atoms with Crippen molar-refractivity contribution in [1.82, 2.24) is 4.31 Å². The predicted octanol–water partition coefficient (Wildman–Crippen LogP) is 2.66. The Balaban J connectivity index is 2.15. The topological polar surface area (TPSA) is 46.6 Å². The molecule has 6 heteroatoms. The first-order valence-corrected chi connectivity index (χ1v) is 9.21. The Morgan fingerprint density at radius 1 is 1.19 bits per heavy atom. The van der Waals surface area contributed by atoms with Crippen LogP contribution < -0.4 is 0 Å². The number of rotatable bonds is 5. The molecule has 118 valence electrons. The number of hydrogen-bond donors (Lipinski definition) is 0. The highest BCUT2D eigenvalue weighted by molar-refractivity contribution is 7.89. The van der Waals surface area contributed by atoms with E-state index in [0.29, 0.717) is 23.9 Å². The van der Waals surface area contributed by atoms with Crippen LogP contribution in [0.1, 0.15) is 25.8 Å². The molecule has 1 aromatic rings. The maximum Gasteiger partial charge on any atom is 0.243 e. The Kier molecular flexibility index (Phi) is 5.66. The zero-order valence-corrected chi connectivity index (χ0v) is 14.0. The van der Waals surface area contributed by atoms with Gasteiger partial charge in [0.15, 0.2) is 0 Å². The molecule has 0 bridgehead atoms. The first-order chi connectivity index (χ1) is 9.93. The van der Waals surface area contributed by atoms with Crippen molar-refractivity contribution in [1.29, 1.82) is 0 Å². The molecule has 21 heavy (non-hydrogen) atoms. The number of aryl methyl sites for hydroxylation is 1. The lowest BCUT2D eigenvalue weighted by Crippen LogP contribution is -2.48. The number of sulfonamides is 1. The molecule has 0 aromatic heterocycles. The lowest BCUT2D eigenvalue weighted by atomic mass is 10.1. The molecule has 1 aliphatic heterocycles. The predicted molar refractivity (Wildman–Crippen MR) is 84.3 cm³/mol. The first-order valence-electron chi connectivity index (χ1n) is 7.24. The number of halogens is 1. The van der Waals surface area contributed by atoms with Crippen molar-refractivity contribution in [2.45, 2.75) is 43.8 Å². The molecule has 4 nitrogen and oxygen atoms in total. The van der Waals surface area contributed by atoms with Crippen LogP contribution in [0.3, 0.4) is 0 Å². The smallest absolute Gasteiger partial charge is 0.243 e. The van der Waals surface area contributed by atoms with Gasteiger partial charge >= 0.3 is 0 Å². The Bertz CT molecular complexity index is 549. The fourth-order valence-corrected chi connectivity index (χ4v) is 4.30. The molecule has 2 atom stereocenters. The highest BCUT2D eigenvalue weighted by Gasteiger charge is 2.31. The fourth-order valence-electron chi connectivity index (χ4n) is 2.58. The van der Waals surface area contributed by atoms with Gasteiger partial charge in [-0.3, -0.25) is 0 Å². The lowest BCUT2D eigenvalue weighted by Gasteiger charge is -2.34. The number of ether oxygens (including phenoxy) is 1. The van der Waals surface area contributed by atoms with Gasteiger partial charge in [-0.1, -0.05) is 12.1 Å². The summed E-state index contributed by atoms with van der Waals surface area (Å²) in [6.07, 6.45) is 1.61. The van der Waals surface area contributed by atoms with Gasteiger partial charge < -0.3 is 4.74 Å². The molecule has 0 unspecified atom stereocenters. The second kappa shape index (κ2) is 7.09. The van der Waals surface area contributed by atoms with Crippen LogP contribution in [0, 0.1) is 0 Å². The molecule has 2 rings (SSSR count). The highest BCUT2D eigenvalue weighted by atomic mass is 35.5. The molecule has 0 saturated carbocycles. The molecular weight excluding hydrogens is 310 g/mol. The Morgan fingerprint density at radius 3 is 2.29 bits per heavy atom. The van der Waals surface area contributed by atoms with Crippen molar-refractivity contribution in [3.8, 4) is 0 Å². The van der Waals surface area contributed by atoms with Gasteiger partial charge in [0.2, 0.25) is 10.0 Å². The third kappa shape index (κ3) is 4.19. The number of alkyl halides is 1. The van der Waals surface area contributed by atoms with Crippen LogP contribution >= 0.6 is 11.6 Å². The summed E-state index contributed by atoms with van der Waals surface area (Å²) in [4.78, 5) is 0.346. The normalized spacial score (nSPS) is 24.1. The van der Waals surface area contributed by atoms with Crippen LogP contribution in [-0.4, -0.2) is 43.9 Å². The van der Waals surface area contributed by atoms with Gasteiger partial charge in [-0.2, -0.15) is 4.31 Å². The minimum absolute atomic E-state index is 0.0773. The summed E-state index contributed by atoms with van der Waals surface area (Å²) in [5.74, 6) is 0.615. The zero-order chi connectivity index (χ0) is 15.5. The van der Waals surface area contributed by atoms with Crippen LogP contribution in [0.5, 0.6) is 0 Å². The Labute approximate surface area is 132 Å². The van der Waals surface area contributed by atoms with E-state index in [0.717, 1.165) is 18.4 Å². The molecule has 1 saturated heterocycles. The molecule has 0 aliphatic carbocycles. The van der Waals surface area contributed by atoms with Crippen LogP contribution in [0.25, 0.3) is 0 Å². The van der Waals surface area contributed by atoms with E-state index >= 15 is 0 Å². The zero-order valence-electron chi connectivity index (χ0n) is 12.5. The van der Waals surface area contributed by atoms with Crippen molar-refractivity contribution in [3.63, 3.8) is 0 Å². The highest BCUT2D eigenvalue weighted by Crippen LogP contribution is 2.21. The van der Waals surface area contributed by atoms with E-state index in [1.54, 1.807) is 12.1 Å². The largest absolute Gasteiger partial charge is 0.373 e. The van der Waals surface area contributed by atoms with E-state index in [1.807, 2.05) is 26.0 Å². The summed E-state index contributed by atoms with van der Waals surface area (Å²) in [6.45, 7) is 4.60. The standard InChI is InChI=1S/C15H22ClNO3S/c1-12-10-17(11-13(2)20-12)21(18,19)15-7-5-14(6-8-15)4-3-9-16/h5-8,12-13H,3-4,9-11H2,1-2H3/t12-,13+. The number of benzene rings is 1. The van der Waals surface area contributed by atoms with Crippen molar-refractivity contribution >= 4 is 21.6 Å². The molecule has 0 amide bonds. The van der Waals surface area contributed by atoms with Gasteiger partial charge in [-0.15, -0.1) is 11.6 Å². The monoisotopic (exact) mass is 331 g/mol. The summed E-state index contributed by atoms with van der Waals surface area (Å²) >= 11 is 5.67. The molecule has 0 N–H and O–H groups in total. The second-order valence-electron chi connectivity index (χ2n) is 5.52. The Hall–Kier alpha value is -0.620. The van der Waals surface area contributed by atoms with Crippen LogP contribution in [0.2, 0.25) is 0 Å². The summed E-state index contributed by atoms with van der Waals surface area (Å²) in [6, 6.07) is 7.10. The molecule has 1 fully saturated rings. The lowest BCUT2D eigenvalue weighted by molar-refractivity contribution is -0.0440. The average molecular weight is 332 g/mol. The molecule has 1 heterocycles. The number of nitrogens with zero attached hydrogens (tertiary/aromatic N) is 1. The minimum Gasteiger partial charge on any atom is -0.373 e. The first kappa shape index (κ1) is 16.7.